The SMILES string of the molecule is COc1nc(C)cc2c1CNC(=O)c1cccc(OC3CCC(NC(=O)OC(C)(C)C)CC3)c1CC=CCC2. The highest BCUT2D eigenvalue weighted by Crippen LogP contribution is 2.30. The van der Waals surface area contributed by atoms with E-state index in [1.165, 1.54) is 0 Å². The number of hydrogen-bond acceptors (Lipinski definition) is 6. The molecule has 0 unspecified atom stereocenters. The summed E-state index contributed by atoms with van der Waals surface area (Å²) in [4.78, 5) is 30.0. The van der Waals surface area contributed by atoms with Crippen LogP contribution in [-0.4, -0.2) is 41.8 Å². The Kier molecular flexibility index (Phi) is 9.15. The highest BCUT2D eigenvalue weighted by atomic mass is 16.6. The van der Waals surface area contributed by atoms with Crippen LogP contribution in [0, 0.1) is 6.92 Å². The van der Waals surface area contributed by atoms with E-state index in [1.54, 1.807) is 7.11 Å². The average molecular weight is 536 g/mol. The smallest absolute Gasteiger partial charge is 0.407 e. The number of methoxy groups -OCH3 is 1. The lowest BCUT2D eigenvalue weighted by Gasteiger charge is -2.31. The maximum Gasteiger partial charge on any atom is 0.407 e. The number of carbonyl (C=O) groups excluding carboxylic acids is 2. The normalized spacial score (nSPS) is 19.9. The number of allylic oxidation sites excluding steroid dienone is 2. The molecule has 2 aromatic rings. The number of alkyl carbamates (subject to hydrolysis) is 1. The van der Waals surface area contributed by atoms with Crippen molar-refractivity contribution in [2.45, 2.75) is 96.9 Å². The van der Waals surface area contributed by atoms with Gasteiger partial charge >= 0.3 is 6.09 Å². The minimum atomic E-state index is -0.517. The Morgan fingerprint density at radius 2 is 1.87 bits per heavy atom. The number of amides is 2. The van der Waals surface area contributed by atoms with Crippen LogP contribution in [0.3, 0.4) is 0 Å². The first-order valence-electron chi connectivity index (χ1n) is 13.9. The zero-order valence-corrected chi connectivity index (χ0v) is 23.8. The molecule has 0 bridgehead atoms. The van der Waals surface area contributed by atoms with Gasteiger partial charge in [0.25, 0.3) is 5.91 Å². The van der Waals surface area contributed by atoms with Crippen molar-refractivity contribution in [1.29, 1.82) is 0 Å². The molecule has 1 aliphatic heterocycles. The van der Waals surface area contributed by atoms with Gasteiger partial charge in [-0.2, -0.15) is 0 Å². The van der Waals surface area contributed by atoms with E-state index in [9.17, 15) is 9.59 Å². The van der Waals surface area contributed by atoms with E-state index < -0.39 is 5.60 Å². The summed E-state index contributed by atoms with van der Waals surface area (Å²) >= 11 is 0. The summed E-state index contributed by atoms with van der Waals surface area (Å²) in [6.45, 7) is 7.87. The van der Waals surface area contributed by atoms with E-state index in [2.05, 4.69) is 33.8 Å². The highest BCUT2D eigenvalue weighted by molar-refractivity contribution is 5.96. The number of nitrogens with zero attached hydrogens (tertiary/aromatic N) is 1. The number of fused-ring (bicyclic) bond motifs is 2. The average Bonchev–Trinajstić information content (AvgIpc) is 2.87. The summed E-state index contributed by atoms with van der Waals surface area (Å²) in [6, 6.07) is 7.81. The van der Waals surface area contributed by atoms with Crippen LogP contribution in [0.25, 0.3) is 0 Å². The maximum absolute atomic E-state index is 13.4. The topological polar surface area (TPSA) is 98.8 Å². The van der Waals surface area contributed by atoms with E-state index in [1.807, 2.05) is 45.9 Å². The standard InChI is InChI=1S/C31H41N3O5/c1-20-18-21-10-7-6-8-11-24-25(28(35)32-19-26(21)29(33-20)37-5)12-9-13-27(24)38-23-16-14-22(15-17-23)34-30(36)39-31(2,3)4/h6,8-9,12-13,18,22-23H,7,10-11,14-17,19H2,1-5H3,(H,32,35)(H,34,36). The lowest BCUT2D eigenvalue weighted by molar-refractivity contribution is 0.0470. The molecule has 4 rings (SSSR count). The van der Waals surface area contributed by atoms with Crippen molar-refractivity contribution >= 4 is 12.0 Å². The molecule has 0 atom stereocenters. The van der Waals surface area contributed by atoms with E-state index in [0.717, 1.165) is 66.7 Å². The molecule has 39 heavy (non-hydrogen) atoms. The molecule has 1 aromatic heterocycles. The van der Waals surface area contributed by atoms with Gasteiger partial charge in [-0.3, -0.25) is 4.79 Å². The summed E-state index contributed by atoms with van der Waals surface area (Å²) in [6.07, 6.45) is 9.51. The zero-order chi connectivity index (χ0) is 28.0. The van der Waals surface area contributed by atoms with Crippen molar-refractivity contribution in [3.8, 4) is 11.6 Å². The molecule has 2 aliphatic rings. The van der Waals surface area contributed by atoms with E-state index in [0.29, 0.717) is 24.4 Å². The van der Waals surface area contributed by atoms with Crippen molar-refractivity contribution in [2.75, 3.05) is 7.11 Å². The Bertz CT molecular complexity index is 1210. The van der Waals surface area contributed by atoms with E-state index in [4.69, 9.17) is 14.2 Å². The fourth-order valence-electron chi connectivity index (χ4n) is 5.22. The van der Waals surface area contributed by atoms with Crippen molar-refractivity contribution < 1.29 is 23.8 Å². The van der Waals surface area contributed by atoms with Crippen LogP contribution < -0.4 is 20.1 Å². The number of aryl methyl sites for hydroxylation is 2. The number of hydrogen-bond donors (Lipinski definition) is 2. The Balaban J connectivity index is 1.46. The predicted molar refractivity (Wildman–Crippen MR) is 150 cm³/mol. The molecular weight excluding hydrogens is 494 g/mol. The molecule has 2 heterocycles. The van der Waals surface area contributed by atoms with Crippen LogP contribution >= 0.6 is 0 Å². The number of pyridine rings is 1. The van der Waals surface area contributed by atoms with Gasteiger partial charge in [0.05, 0.1) is 13.2 Å². The highest BCUT2D eigenvalue weighted by Gasteiger charge is 2.27. The lowest BCUT2D eigenvalue weighted by atomic mass is 9.92. The summed E-state index contributed by atoms with van der Waals surface area (Å²) in [5.41, 5.74) is 3.93. The van der Waals surface area contributed by atoms with Gasteiger partial charge < -0.3 is 24.8 Å². The van der Waals surface area contributed by atoms with Crippen LogP contribution in [0.4, 0.5) is 4.79 Å². The first kappa shape index (κ1) is 28.5. The molecule has 2 N–H and O–H groups in total. The van der Waals surface area contributed by atoms with Gasteiger partial charge in [0.15, 0.2) is 0 Å². The maximum atomic E-state index is 13.4. The van der Waals surface area contributed by atoms with Gasteiger partial charge in [-0.1, -0.05) is 18.2 Å². The summed E-state index contributed by atoms with van der Waals surface area (Å²) in [5.74, 6) is 1.15. The number of ether oxygens (including phenoxy) is 3. The molecule has 8 nitrogen and oxygen atoms in total. The molecule has 0 saturated heterocycles. The van der Waals surface area contributed by atoms with Gasteiger partial charge in [0, 0.05) is 35.0 Å². The van der Waals surface area contributed by atoms with Crippen molar-refractivity contribution in [2.24, 2.45) is 0 Å². The third kappa shape index (κ3) is 7.74. The Morgan fingerprint density at radius 3 is 2.59 bits per heavy atom. The zero-order valence-electron chi connectivity index (χ0n) is 23.8. The summed E-state index contributed by atoms with van der Waals surface area (Å²) in [5, 5.41) is 6.07. The van der Waals surface area contributed by atoms with Crippen LogP contribution in [0.15, 0.2) is 36.4 Å². The minimum Gasteiger partial charge on any atom is -0.490 e. The van der Waals surface area contributed by atoms with Crippen LogP contribution in [0.1, 0.15) is 85.6 Å². The van der Waals surface area contributed by atoms with E-state index in [-0.39, 0.29) is 24.1 Å². The first-order valence-corrected chi connectivity index (χ1v) is 13.9. The van der Waals surface area contributed by atoms with Crippen molar-refractivity contribution in [3.05, 3.63) is 64.4 Å². The predicted octanol–water partition coefficient (Wildman–Crippen LogP) is 5.59. The fraction of sp³-hybridized carbons (Fsp3) is 0.516. The number of aromatic nitrogens is 1. The van der Waals surface area contributed by atoms with Crippen molar-refractivity contribution in [1.82, 2.24) is 15.6 Å². The molecule has 8 heteroatoms. The second-order valence-electron chi connectivity index (χ2n) is 11.3. The number of nitrogens with one attached hydrogen (secondary N) is 2. The minimum absolute atomic E-state index is 0.0204. The van der Waals surface area contributed by atoms with Gasteiger partial charge in [-0.15, -0.1) is 0 Å². The number of rotatable bonds is 4. The third-order valence-corrected chi connectivity index (χ3v) is 7.06. The largest absolute Gasteiger partial charge is 0.490 e. The number of carbonyl (C=O) groups is 2. The molecule has 1 saturated carbocycles. The fourth-order valence-corrected chi connectivity index (χ4v) is 5.22. The van der Waals surface area contributed by atoms with E-state index >= 15 is 0 Å². The Labute approximate surface area is 231 Å². The second kappa shape index (κ2) is 12.5. The summed E-state index contributed by atoms with van der Waals surface area (Å²) in [7, 11) is 1.61. The van der Waals surface area contributed by atoms with Gasteiger partial charge in [0.1, 0.15) is 11.4 Å². The molecule has 0 spiro atoms. The lowest BCUT2D eigenvalue weighted by Crippen LogP contribution is -2.42. The third-order valence-electron chi connectivity index (χ3n) is 7.06. The molecule has 210 valence electrons. The van der Waals surface area contributed by atoms with Gasteiger partial charge in [-0.05, 0) is 96.4 Å². The van der Waals surface area contributed by atoms with Gasteiger partial charge in [0.2, 0.25) is 5.88 Å². The van der Waals surface area contributed by atoms with Crippen LogP contribution in [-0.2, 0) is 24.1 Å². The number of benzene rings is 1. The molecule has 2 amide bonds. The Hall–Kier alpha value is -3.55. The molecule has 0 radical (unpaired) electrons. The molecule has 1 aromatic carbocycles. The van der Waals surface area contributed by atoms with Crippen molar-refractivity contribution in [3.63, 3.8) is 0 Å². The second-order valence-corrected chi connectivity index (χ2v) is 11.3. The molecule has 1 aliphatic carbocycles. The molecular formula is C31H41N3O5. The van der Waals surface area contributed by atoms with Crippen LogP contribution in [0.2, 0.25) is 0 Å². The summed E-state index contributed by atoms with van der Waals surface area (Å²) < 4.78 is 17.4. The van der Waals surface area contributed by atoms with Gasteiger partial charge in [-0.25, -0.2) is 9.78 Å². The monoisotopic (exact) mass is 535 g/mol. The van der Waals surface area contributed by atoms with Crippen LogP contribution in [0.5, 0.6) is 11.6 Å². The molecule has 1 fully saturated rings. The Morgan fingerprint density at radius 1 is 1.10 bits per heavy atom. The quantitative estimate of drug-likeness (QED) is 0.496. The first-order chi connectivity index (χ1) is 18.6.